The van der Waals surface area contributed by atoms with Gasteiger partial charge in [-0.1, -0.05) is 42.5 Å². The van der Waals surface area contributed by atoms with Crippen molar-refractivity contribution in [1.82, 2.24) is 9.78 Å². The normalized spacial score (nSPS) is 29.1. The molecule has 2 bridgehead atoms. The molecule has 1 aromatic heterocycles. The van der Waals surface area contributed by atoms with Crippen LogP contribution in [-0.2, 0) is 16.1 Å². The molecule has 5 nitrogen and oxygen atoms in total. The zero-order chi connectivity index (χ0) is 18.0. The monoisotopic (exact) mass is 347 g/mol. The smallest absolute Gasteiger partial charge is 0.238 e. The van der Waals surface area contributed by atoms with Crippen molar-refractivity contribution >= 4 is 17.5 Å². The lowest BCUT2D eigenvalue weighted by molar-refractivity contribution is -0.123. The molecular weight excluding hydrogens is 326 g/mol. The summed E-state index contributed by atoms with van der Waals surface area (Å²) in [4.78, 5) is 27.6. The van der Waals surface area contributed by atoms with Crippen LogP contribution in [0.25, 0.3) is 0 Å². The Kier molecular flexibility index (Phi) is 3.23. The van der Waals surface area contributed by atoms with E-state index in [1.807, 2.05) is 36.7 Å². The number of rotatable bonds is 3. The van der Waals surface area contributed by atoms with Crippen molar-refractivity contribution in [3.8, 4) is 0 Å². The van der Waals surface area contributed by atoms with E-state index in [4.69, 9.17) is 0 Å². The van der Waals surface area contributed by atoms with Crippen LogP contribution in [0.1, 0.15) is 23.4 Å². The van der Waals surface area contributed by atoms with Gasteiger partial charge in [-0.2, -0.15) is 5.10 Å². The molecule has 0 spiro atoms. The number of benzene rings is 1. The molecule has 1 aliphatic heterocycles. The molecule has 1 saturated heterocycles. The molecule has 0 N–H and O–H groups in total. The predicted octanol–water partition coefficient (Wildman–Crippen LogP) is 2.86. The summed E-state index contributed by atoms with van der Waals surface area (Å²) in [7, 11) is 0. The zero-order valence-corrected chi connectivity index (χ0v) is 14.9. The third kappa shape index (κ3) is 2.00. The Morgan fingerprint density at radius 2 is 1.62 bits per heavy atom. The topological polar surface area (TPSA) is 55.2 Å². The number of carbonyl (C=O) groups is 2. The lowest BCUT2D eigenvalue weighted by Crippen LogP contribution is -2.33. The standard InChI is InChI=1S/C21H21N3O2/c1-12-19(13(2)23(22-12)11-14-6-4-3-5-7-14)24-20(25)17-15-8-9-16(10-15)18(17)21(24)26/h3-9,15-18H,10-11H2,1-2H3/t15-,16+,17-,18-/m0/s1. The zero-order valence-electron chi connectivity index (χ0n) is 14.9. The molecule has 1 saturated carbocycles. The Bertz CT molecular complexity index is 914. The molecule has 0 radical (unpaired) electrons. The fraction of sp³-hybridized carbons (Fsp3) is 0.381. The number of hydrogen-bond acceptors (Lipinski definition) is 3. The summed E-state index contributed by atoms with van der Waals surface area (Å²) in [6.07, 6.45) is 5.20. The fourth-order valence-corrected chi connectivity index (χ4v) is 5.04. The molecule has 5 heteroatoms. The van der Waals surface area contributed by atoms with Crippen molar-refractivity contribution < 1.29 is 9.59 Å². The van der Waals surface area contributed by atoms with E-state index in [2.05, 4.69) is 29.4 Å². The SMILES string of the molecule is Cc1nn(Cc2ccccc2)c(C)c1N1C(=O)[C@@H]2[C@@H](C1=O)[C@H]1C=C[C@@H]2C1. The number of imide groups is 1. The minimum absolute atomic E-state index is 0.0395. The van der Waals surface area contributed by atoms with Crippen LogP contribution < -0.4 is 4.90 Å². The van der Waals surface area contributed by atoms with Gasteiger partial charge in [0.2, 0.25) is 11.8 Å². The van der Waals surface area contributed by atoms with Crippen molar-refractivity contribution in [2.75, 3.05) is 4.90 Å². The molecule has 26 heavy (non-hydrogen) atoms. The van der Waals surface area contributed by atoms with Crippen molar-refractivity contribution in [2.45, 2.75) is 26.8 Å². The van der Waals surface area contributed by atoms with E-state index in [1.54, 1.807) is 0 Å². The Hall–Kier alpha value is -2.69. The van der Waals surface area contributed by atoms with Crippen LogP contribution in [-0.4, -0.2) is 21.6 Å². The summed E-state index contributed by atoms with van der Waals surface area (Å²) < 4.78 is 1.89. The van der Waals surface area contributed by atoms with E-state index in [1.165, 1.54) is 4.90 Å². The molecular formula is C21H21N3O2. The summed E-state index contributed by atoms with van der Waals surface area (Å²) in [6.45, 7) is 4.45. The number of amides is 2. The molecule has 2 amide bonds. The van der Waals surface area contributed by atoms with Gasteiger partial charge in [0.05, 0.1) is 35.5 Å². The molecule has 1 aromatic carbocycles. The summed E-state index contributed by atoms with van der Waals surface area (Å²) in [6, 6.07) is 10.1. The number of allylic oxidation sites excluding steroid dienone is 2. The molecule has 2 aliphatic carbocycles. The van der Waals surface area contributed by atoms with E-state index in [0.29, 0.717) is 12.2 Å². The second-order valence-corrected chi connectivity index (χ2v) is 7.67. The van der Waals surface area contributed by atoms with E-state index in [-0.39, 0.29) is 35.5 Å². The molecule has 2 fully saturated rings. The van der Waals surface area contributed by atoms with E-state index >= 15 is 0 Å². The predicted molar refractivity (Wildman–Crippen MR) is 97.5 cm³/mol. The number of aryl methyl sites for hydroxylation is 1. The molecule has 3 aliphatic rings. The average Bonchev–Trinajstić information content (AvgIpc) is 3.36. The first-order valence-electron chi connectivity index (χ1n) is 9.20. The average molecular weight is 347 g/mol. The van der Waals surface area contributed by atoms with Gasteiger partial charge in [-0.05, 0) is 37.7 Å². The van der Waals surface area contributed by atoms with Gasteiger partial charge in [-0.3, -0.25) is 14.3 Å². The molecule has 4 atom stereocenters. The number of carbonyl (C=O) groups excluding carboxylic acids is 2. The summed E-state index contributed by atoms with van der Waals surface area (Å²) in [5, 5.41) is 4.62. The maximum absolute atomic E-state index is 13.1. The van der Waals surface area contributed by atoms with Gasteiger partial charge in [-0.15, -0.1) is 0 Å². The Balaban J connectivity index is 1.51. The van der Waals surface area contributed by atoms with E-state index in [0.717, 1.165) is 23.4 Å². The lowest BCUT2D eigenvalue weighted by atomic mass is 9.85. The Morgan fingerprint density at radius 3 is 2.23 bits per heavy atom. The van der Waals surface area contributed by atoms with Crippen molar-refractivity contribution in [3.63, 3.8) is 0 Å². The minimum atomic E-state index is -0.172. The van der Waals surface area contributed by atoms with Crippen molar-refractivity contribution in [3.05, 3.63) is 59.4 Å². The summed E-state index contributed by atoms with van der Waals surface area (Å²) >= 11 is 0. The number of hydrogen-bond donors (Lipinski definition) is 0. The first-order valence-corrected chi connectivity index (χ1v) is 9.20. The molecule has 5 rings (SSSR count). The van der Waals surface area contributed by atoms with Gasteiger partial charge < -0.3 is 0 Å². The maximum Gasteiger partial charge on any atom is 0.238 e. The fourth-order valence-electron chi connectivity index (χ4n) is 5.04. The van der Waals surface area contributed by atoms with Crippen LogP contribution in [0.4, 0.5) is 5.69 Å². The van der Waals surface area contributed by atoms with E-state index < -0.39 is 0 Å². The van der Waals surface area contributed by atoms with Crippen LogP contribution in [0.3, 0.4) is 0 Å². The van der Waals surface area contributed by atoms with Crippen molar-refractivity contribution in [2.24, 2.45) is 23.7 Å². The van der Waals surface area contributed by atoms with Gasteiger partial charge in [0.1, 0.15) is 0 Å². The van der Waals surface area contributed by atoms with E-state index in [9.17, 15) is 9.59 Å². The van der Waals surface area contributed by atoms with Crippen molar-refractivity contribution in [1.29, 1.82) is 0 Å². The molecule has 2 aromatic rings. The Morgan fingerprint density at radius 1 is 1.00 bits per heavy atom. The van der Waals surface area contributed by atoms with Gasteiger partial charge in [0.25, 0.3) is 0 Å². The first kappa shape index (κ1) is 15.6. The lowest BCUT2D eigenvalue weighted by Gasteiger charge is -2.17. The summed E-state index contributed by atoms with van der Waals surface area (Å²) in [5.41, 5.74) is 3.43. The molecule has 132 valence electrons. The highest BCUT2D eigenvalue weighted by Crippen LogP contribution is 2.53. The van der Waals surface area contributed by atoms with Crippen LogP contribution in [0.5, 0.6) is 0 Å². The first-order chi connectivity index (χ1) is 12.6. The van der Waals surface area contributed by atoms with Gasteiger partial charge in [0, 0.05) is 0 Å². The second kappa shape index (κ2) is 5.40. The van der Waals surface area contributed by atoms with Crippen LogP contribution in [0.2, 0.25) is 0 Å². The largest absolute Gasteiger partial charge is 0.274 e. The second-order valence-electron chi connectivity index (χ2n) is 7.67. The maximum atomic E-state index is 13.1. The van der Waals surface area contributed by atoms with Gasteiger partial charge in [0.15, 0.2) is 0 Å². The number of nitrogens with zero attached hydrogens (tertiary/aromatic N) is 3. The highest BCUT2D eigenvalue weighted by atomic mass is 16.2. The molecule has 0 unspecified atom stereocenters. The number of anilines is 1. The third-order valence-electron chi connectivity index (χ3n) is 6.21. The van der Waals surface area contributed by atoms with Crippen LogP contribution in [0.15, 0.2) is 42.5 Å². The quantitative estimate of drug-likeness (QED) is 0.634. The number of aromatic nitrogens is 2. The number of fused-ring (bicyclic) bond motifs is 5. The summed E-state index contributed by atoms with van der Waals surface area (Å²) in [5.74, 6) is 0.0324. The van der Waals surface area contributed by atoms with Gasteiger partial charge in [-0.25, -0.2) is 4.90 Å². The van der Waals surface area contributed by atoms with Crippen LogP contribution in [0, 0.1) is 37.5 Å². The molecule has 2 heterocycles. The third-order valence-corrected chi connectivity index (χ3v) is 6.21. The Labute approximate surface area is 152 Å². The highest BCUT2D eigenvalue weighted by molar-refractivity contribution is 6.23. The highest BCUT2D eigenvalue weighted by Gasteiger charge is 2.60. The minimum Gasteiger partial charge on any atom is -0.274 e. The van der Waals surface area contributed by atoms with Crippen LogP contribution >= 0.6 is 0 Å². The van der Waals surface area contributed by atoms with Gasteiger partial charge >= 0.3 is 0 Å².